The van der Waals surface area contributed by atoms with Gasteiger partial charge in [0.1, 0.15) is 23.0 Å². The number of phenols is 2. The predicted octanol–water partition coefficient (Wildman–Crippen LogP) is 4.08. The average Bonchev–Trinajstić information content (AvgIpc) is 2.47. The highest BCUT2D eigenvalue weighted by Gasteiger charge is 2.04. The Morgan fingerprint density at radius 2 is 1.09 bits per heavy atom. The van der Waals surface area contributed by atoms with Crippen molar-refractivity contribution in [2.75, 3.05) is 0 Å². The maximum Gasteiger partial charge on any atom is 0.222 e. The first-order valence-corrected chi connectivity index (χ1v) is 6.60. The minimum atomic E-state index is 0.115. The summed E-state index contributed by atoms with van der Waals surface area (Å²) in [5.74, 6) is 1.85. The van der Waals surface area contributed by atoms with Crippen molar-refractivity contribution in [3.05, 3.63) is 66.7 Å². The molecule has 0 radical (unpaired) electrons. The molecule has 1 heterocycles. The highest BCUT2D eigenvalue weighted by atomic mass is 16.5. The molecule has 0 saturated carbocycles. The second-order valence-corrected chi connectivity index (χ2v) is 4.51. The van der Waals surface area contributed by atoms with Crippen LogP contribution in [0.4, 0.5) is 0 Å². The van der Waals surface area contributed by atoms with Gasteiger partial charge in [-0.1, -0.05) is 18.2 Å². The van der Waals surface area contributed by atoms with Gasteiger partial charge in [-0.05, 0) is 24.3 Å². The number of pyridine rings is 1. The van der Waals surface area contributed by atoms with Crippen LogP contribution in [0.5, 0.6) is 34.8 Å². The number of aromatic hydroxyl groups is 2. The molecule has 2 N–H and O–H groups in total. The highest BCUT2D eigenvalue weighted by molar-refractivity contribution is 5.36. The van der Waals surface area contributed by atoms with Crippen molar-refractivity contribution in [1.29, 1.82) is 0 Å². The van der Waals surface area contributed by atoms with Crippen molar-refractivity contribution >= 4 is 0 Å². The molecule has 0 aliphatic heterocycles. The minimum Gasteiger partial charge on any atom is -0.508 e. The Morgan fingerprint density at radius 1 is 0.636 bits per heavy atom. The van der Waals surface area contributed by atoms with Crippen LogP contribution in [0.1, 0.15) is 0 Å². The molecule has 3 aromatic rings. The maximum absolute atomic E-state index is 9.42. The second kappa shape index (κ2) is 6.05. The zero-order valence-corrected chi connectivity index (χ0v) is 11.5. The highest BCUT2D eigenvalue weighted by Crippen LogP contribution is 2.27. The zero-order chi connectivity index (χ0) is 15.4. The molecule has 0 aliphatic rings. The average molecular weight is 295 g/mol. The summed E-state index contributed by atoms with van der Waals surface area (Å²) >= 11 is 0. The molecule has 0 atom stereocenters. The van der Waals surface area contributed by atoms with Gasteiger partial charge in [0, 0.05) is 24.3 Å². The van der Waals surface area contributed by atoms with Gasteiger partial charge in [-0.15, -0.1) is 0 Å². The second-order valence-electron chi connectivity index (χ2n) is 4.51. The molecule has 0 fully saturated rings. The monoisotopic (exact) mass is 295 g/mol. The molecule has 2 aromatic carbocycles. The first kappa shape index (κ1) is 13.8. The maximum atomic E-state index is 9.42. The summed E-state index contributed by atoms with van der Waals surface area (Å²) in [6.07, 6.45) is 0. The molecule has 0 aliphatic carbocycles. The van der Waals surface area contributed by atoms with E-state index in [4.69, 9.17) is 9.47 Å². The fourth-order valence-electron chi connectivity index (χ4n) is 1.85. The van der Waals surface area contributed by atoms with Crippen LogP contribution in [0.3, 0.4) is 0 Å². The molecule has 0 spiro atoms. The van der Waals surface area contributed by atoms with Crippen molar-refractivity contribution in [3.63, 3.8) is 0 Å². The summed E-state index contributed by atoms with van der Waals surface area (Å²) in [6.45, 7) is 0. The van der Waals surface area contributed by atoms with Gasteiger partial charge in [-0.3, -0.25) is 0 Å². The van der Waals surface area contributed by atoms with Crippen molar-refractivity contribution in [3.8, 4) is 34.8 Å². The molecule has 110 valence electrons. The normalized spacial score (nSPS) is 10.2. The topological polar surface area (TPSA) is 71.8 Å². The summed E-state index contributed by atoms with van der Waals surface area (Å²) in [6, 6.07) is 18.0. The van der Waals surface area contributed by atoms with E-state index >= 15 is 0 Å². The number of phenolic OH excluding ortho intramolecular Hbond substituents is 2. The predicted molar refractivity (Wildman–Crippen MR) is 80.6 cm³/mol. The molecule has 22 heavy (non-hydrogen) atoms. The molecule has 5 nitrogen and oxygen atoms in total. The summed E-state index contributed by atoms with van der Waals surface area (Å²) in [7, 11) is 0. The van der Waals surface area contributed by atoms with Crippen LogP contribution in [-0.4, -0.2) is 15.2 Å². The van der Waals surface area contributed by atoms with Crippen LogP contribution < -0.4 is 9.47 Å². The van der Waals surface area contributed by atoms with Crippen molar-refractivity contribution in [2.24, 2.45) is 0 Å². The van der Waals surface area contributed by atoms with Crippen molar-refractivity contribution < 1.29 is 19.7 Å². The number of nitrogens with zero attached hydrogens (tertiary/aromatic N) is 1. The van der Waals surface area contributed by atoms with Crippen LogP contribution in [0.15, 0.2) is 66.7 Å². The zero-order valence-electron chi connectivity index (χ0n) is 11.5. The molecule has 3 rings (SSSR count). The third kappa shape index (κ3) is 3.46. The molecule has 1 aromatic heterocycles. The number of ether oxygens (including phenoxy) is 2. The van der Waals surface area contributed by atoms with Crippen molar-refractivity contribution in [2.45, 2.75) is 0 Å². The third-order valence-corrected chi connectivity index (χ3v) is 2.78. The van der Waals surface area contributed by atoms with Gasteiger partial charge in [-0.2, -0.15) is 4.98 Å². The first-order valence-electron chi connectivity index (χ1n) is 6.60. The quantitative estimate of drug-likeness (QED) is 0.759. The number of hydrogen-bond donors (Lipinski definition) is 2. The Kier molecular flexibility index (Phi) is 3.78. The lowest BCUT2D eigenvalue weighted by molar-refractivity contribution is 0.418. The summed E-state index contributed by atoms with van der Waals surface area (Å²) in [4.78, 5) is 4.21. The third-order valence-electron chi connectivity index (χ3n) is 2.78. The van der Waals surface area contributed by atoms with E-state index < -0.39 is 0 Å². The number of rotatable bonds is 4. The van der Waals surface area contributed by atoms with Crippen LogP contribution in [0.25, 0.3) is 0 Å². The van der Waals surface area contributed by atoms with Crippen LogP contribution in [0.2, 0.25) is 0 Å². The van der Waals surface area contributed by atoms with E-state index in [0.717, 1.165) is 0 Å². The SMILES string of the molecule is Oc1cccc(Oc2cccc(Oc3cccc(O)c3)n2)c1. The molecular weight excluding hydrogens is 282 g/mol. The van der Waals surface area contributed by atoms with E-state index in [2.05, 4.69) is 4.98 Å². The van der Waals surface area contributed by atoms with Gasteiger partial charge in [-0.25, -0.2) is 0 Å². The minimum absolute atomic E-state index is 0.115. The van der Waals surface area contributed by atoms with Gasteiger partial charge < -0.3 is 19.7 Å². The lowest BCUT2D eigenvalue weighted by Gasteiger charge is -2.08. The Labute approximate surface area is 127 Å². The Balaban J connectivity index is 1.78. The summed E-state index contributed by atoms with van der Waals surface area (Å²) in [5, 5.41) is 18.8. The first-order chi connectivity index (χ1) is 10.7. The van der Waals surface area contributed by atoms with Gasteiger partial charge in [0.2, 0.25) is 11.8 Å². The number of hydrogen-bond acceptors (Lipinski definition) is 5. The summed E-state index contributed by atoms with van der Waals surface area (Å²) < 4.78 is 11.1. The molecule has 0 bridgehead atoms. The van der Waals surface area contributed by atoms with E-state index in [1.165, 1.54) is 12.1 Å². The summed E-state index contributed by atoms with van der Waals surface area (Å²) in [5.41, 5.74) is 0. The molecular formula is C17H13NO4. The van der Waals surface area contributed by atoms with E-state index in [-0.39, 0.29) is 11.5 Å². The van der Waals surface area contributed by atoms with Gasteiger partial charge in [0.05, 0.1) is 0 Å². The smallest absolute Gasteiger partial charge is 0.222 e. The van der Waals surface area contributed by atoms with E-state index in [0.29, 0.717) is 23.3 Å². The van der Waals surface area contributed by atoms with Gasteiger partial charge >= 0.3 is 0 Å². The van der Waals surface area contributed by atoms with Crippen LogP contribution >= 0.6 is 0 Å². The fourth-order valence-corrected chi connectivity index (χ4v) is 1.85. The van der Waals surface area contributed by atoms with E-state index in [1.54, 1.807) is 54.6 Å². The standard InChI is InChI=1S/C17H13NO4/c19-12-4-1-6-14(10-12)21-16-8-3-9-17(18-16)22-15-7-2-5-13(20)11-15/h1-11,19-20H. The molecule has 0 saturated heterocycles. The fraction of sp³-hybridized carbons (Fsp3) is 0. The lowest BCUT2D eigenvalue weighted by Crippen LogP contribution is -1.91. The number of benzene rings is 2. The Hall–Kier alpha value is -3.21. The molecule has 0 unspecified atom stereocenters. The largest absolute Gasteiger partial charge is 0.508 e. The molecule has 0 amide bonds. The Morgan fingerprint density at radius 3 is 1.55 bits per heavy atom. The van der Waals surface area contributed by atoms with Gasteiger partial charge in [0.15, 0.2) is 0 Å². The number of aromatic nitrogens is 1. The lowest BCUT2D eigenvalue weighted by atomic mass is 10.3. The molecule has 5 heteroatoms. The van der Waals surface area contributed by atoms with Crippen molar-refractivity contribution in [1.82, 2.24) is 4.98 Å². The van der Waals surface area contributed by atoms with E-state index in [9.17, 15) is 10.2 Å². The Bertz CT molecular complexity index is 726. The van der Waals surface area contributed by atoms with Crippen LogP contribution in [0, 0.1) is 0 Å². The van der Waals surface area contributed by atoms with E-state index in [1.807, 2.05) is 0 Å². The van der Waals surface area contributed by atoms with Gasteiger partial charge in [0.25, 0.3) is 0 Å². The van der Waals surface area contributed by atoms with Crippen LogP contribution in [-0.2, 0) is 0 Å².